The number of carbonyl (C=O) groups is 4. The molecule has 3 rings (SSSR count). The van der Waals surface area contributed by atoms with Crippen LogP contribution in [0.5, 0.6) is 11.5 Å². The first-order valence-electron chi connectivity index (χ1n) is 15.9. The summed E-state index contributed by atoms with van der Waals surface area (Å²) in [5, 5.41) is 30.1. The molecule has 0 aromatic heterocycles. The van der Waals surface area contributed by atoms with Crippen LogP contribution in [-0.2, 0) is 25.5 Å². The first-order valence-corrected chi connectivity index (χ1v) is 17.4. The van der Waals surface area contributed by atoms with Gasteiger partial charge in [-0.05, 0) is 63.3 Å². The Morgan fingerprint density at radius 1 is 0.824 bits per heavy atom. The van der Waals surface area contributed by atoms with Crippen molar-refractivity contribution in [3.8, 4) is 11.5 Å². The Bertz CT molecular complexity index is 1700. The van der Waals surface area contributed by atoms with E-state index in [0.29, 0.717) is 21.5 Å². The molecule has 0 aliphatic heterocycles. The number of carbonyl (C=O) groups excluding carboxylic acids is 4. The molecule has 0 aliphatic carbocycles. The number of anilines is 2. The van der Waals surface area contributed by atoms with Crippen LogP contribution in [0.3, 0.4) is 0 Å². The van der Waals surface area contributed by atoms with Crippen LogP contribution in [0, 0.1) is 25.6 Å². The number of phenolic OH excluding ortho intramolecular Hbond substituents is 2. The van der Waals surface area contributed by atoms with Crippen LogP contribution in [0.4, 0.5) is 25.4 Å². The van der Waals surface area contributed by atoms with E-state index in [-0.39, 0.29) is 53.3 Å². The van der Waals surface area contributed by atoms with E-state index in [9.17, 15) is 33.8 Å². The van der Waals surface area contributed by atoms with E-state index in [4.69, 9.17) is 32.7 Å². The summed E-state index contributed by atoms with van der Waals surface area (Å²) in [6.07, 6.45) is 0.651. The van der Waals surface area contributed by atoms with Gasteiger partial charge in [-0.15, -0.1) is 0 Å². The Labute approximate surface area is 314 Å². The normalized spacial score (nSPS) is 11.7. The maximum absolute atomic E-state index is 13.8. The Kier molecular flexibility index (Phi) is 17.3. The van der Waals surface area contributed by atoms with Crippen molar-refractivity contribution >= 4 is 74.5 Å². The highest BCUT2D eigenvalue weighted by Crippen LogP contribution is 2.39. The van der Waals surface area contributed by atoms with Crippen LogP contribution in [0.15, 0.2) is 46.9 Å². The minimum Gasteiger partial charge on any atom is -0.504 e. The van der Waals surface area contributed by atoms with E-state index < -0.39 is 47.7 Å². The quantitative estimate of drug-likeness (QED) is 0.0788. The lowest BCUT2D eigenvalue weighted by Crippen LogP contribution is -2.45. The van der Waals surface area contributed by atoms with E-state index in [1.165, 1.54) is 19.1 Å². The van der Waals surface area contributed by atoms with Gasteiger partial charge in [-0.2, -0.15) is 0 Å². The van der Waals surface area contributed by atoms with Gasteiger partial charge in [-0.25, -0.2) is 23.6 Å². The van der Waals surface area contributed by atoms with Crippen molar-refractivity contribution in [3.05, 3.63) is 79.5 Å². The molecule has 0 heterocycles. The van der Waals surface area contributed by atoms with Gasteiger partial charge < -0.3 is 41.0 Å². The fourth-order valence-electron chi connectivity index (χ4n) is 4.45. The Morgan fingerprint density at radius 3 is 1.86 bits per heavy atom. The van der Waals surface area contributed by atoms with Crippen molar-refractivity contribution in [2.75, 3.05) is 23.8 Å². The molecule has 0 bridgehead atoms. The lowest BCUT2D eigenvalue weighted by atomic mass is 10.0. The van der Waals surface area contributed by atoms with Gasteiger partial charge in [0, 0.05) is 21.5 Å². The molecule has 2 unspecified atom stereocenters. The molecule has 6 N–H and O–H groups in total. The molecule has 0 saturated carbocycles. The molecule has 0 spiro atoms. The van der Waals surface area contributed by atoms with E-state index >= 15 is 0 Å². The largest absolute Gasteiger partial charge is 0.504 e. The summed E-state index contributed by atoms with van der Waals surface area (Å²) in [5.41, 5.74) is 1.52. The molecule has 0 aliphatic rings. The van der Waals surface area contributed by atoms with Gasteiger partial charge in [0.25, 0.3) is 0 Å². The zero-order valence-electron chi connectivity index (χ0n) is 29.0. The van der Waals surface area contributed by atoms with E-state index in [2.05, 4.69) is 37.2 Å². The molecular formula is C35H42BrCl2FN4O8. The smallest absolute Gasteiger partial charge is 0.329 e. The number of amides is 4. The van der Waals surface area contributed by atoms with Gasteiger partial charge in [0.2, 0.25) is 0 Å². The molecule has 0 fully saturated rings. The van der Waals surface area contributed by atoms with Crippen molar-refractivity contribution in [1.29, 1.82) is 0 Å². The van der Waals surface area contributed by atoms with E-state index in [1.54, 1.807) is 20.8 Å². The van der Waals surface area contributed by atoms with Crippen LogP contribution in [0.2, 0.25) is 10.0 Å². The highest BCUT2D eigenvalue weighted by Gasteiger charge is 2.25. The van der Waals surface area contributed by atoms with Crippen LogP contribution < -0.4 is 21.3 Å². The van der Waals surface area contributed by atoms with Crippen molar-refractivity contribution in [1.82, 2.24) is 10.6 Å². The summed E-state index contributed by atoms with van der Waals surface area (Å²) in [6.45, 7) is 10.7. The number of hydrogen-bond acceptors (Lipinski definition) is 8. The van der Waals surface area contributed by atoms with Crippen molar-refractivity contribution in [2.24, 2.45) is 5.92 Å². The summed E-state index contributed by atoms with van der Waals surface area (Å²) in [7, 11) is 0. The molecule has 16 heteroatoms. The predicted octanol–water partition coefficient (Wildman–Crippen LogP) is 8.00. The number of benzene rings is 3. The second-order valence-corrected chi connectivity index (χ2v) is 13.2. The Hall–Kier alpha value is -4.27. The summed E-state index contributed by atoms with van der Waals surface area (Å²) < 4.78 is 24.2. The van der Waals surface area contributed by atoms with Crippen LogP contribution in [-0.4, -0.2) is 59.5 Å². The molecule has 0 radical (unpaired) electrons. The average molecular weight is 817 g/mol. The van der Waals surface area contributed by atoms with Gasteiger partial charge in [-0.3, -0.25) is 0 Å². The fourth-order valence-corrected chi connectivity index (χ4v) is 5.30. The first kappa shape index (κ1) is 42.9. The van der Waals surface area contributed by atoms with E-state index in [1.807, 2.05) is 44.2 Å². The van der Waals surface area contributed by atoms with Gasteiger partial charge in [0.05, 0.1) is 29.6 Å². The third-order valence-electron chi connectivity index (χ3n) is 7.08. The zero-order valence-corrected chi connectivity index (χ0v) is 32.1. The first-order chi connectivity index (χ1) is 24.0. The second-order valence-electron chi connectivity index (χ2n) is 11.5. The SMILES string of the molecule is CCOC(=O)C(CC(C)C)NC(=O)Nc1cc(Br)c(C)c(F)c1O.CCOC(=O)C(Cc1ccccc1)NC(=O)Nc1cc(Cl)c(C)c(Cl)c1O. The third kappa shape index (κ3) is 13.1. The Morgan fingerprint density at radius 2 is 1.33 bits per heavy atom. The number of aromatic hydroxyl groups is 2. The fraction of sp³-hybridized carbons (Fsp3) is 0.371. The molecule has 278 valence electrons. The number of halogens is 4. The van der Waals surface area contributed by atoms with E-state index in [0.717, 1.165) is 5.56 Å². The van der Waals surface area contributed by atoms with Gasteiger partial charge in [0.1, 0.15) is 12.1 Å². The molecule has 0 saturated heterocycles. The molecule has 51 heavy (non-hydrogen) atoms. The summed E-state index contributed by atoms with van der Waals surface area (Å²) in [4.78, 5) is 48.6. The summed E-state index contributed by atoms with van der Waals surface area (Å²) in [5.74, 6) is -2.74. The van der Waals surface area contributed by atoms with Crippen LogP contribution in [0.1, 0.15) is 50.8 Å². The van der Waals surface area contributed by atoms with Crippen molar-refractivity contribution in [2.45, 2.75) is 66.5 Å². The van der Waals surface area contributed by atoms with Crippen molar-refractivity contribution in [3.63, 3.8) is 0 Å². The number of esters is 2. The number of phenols is 2. The second kappa shape index (κ2) is 20.5. The average Bonchev–Trinajstić information content (AvgIpc) is 3.07. The Balaban J connectivity index is 0.000000356. The number of rotatable bonds is 12. The standard InChI is InChI=1S/C19H20Cl2N2O4.C16H22BrFN2O4/c1-3-27-18(25)15(9-12-7-5-4-6-8-12)23-19(26)22-14-10-13(20)11(2)16(21)17(14)24;1-5-24-15(22)12(6-8(2)3)20-16(23)19-11-7-10(17)9(4)13(18)14(11)21/h4-8,10,15,24H,3,9H2,1-2H3,(H2,22,23,26);7-8,12,21H,5-6H2,1-4H3,(H2,19,20,23). The van der Waals surface area contributed by atoms with Gasteiger partial charge >= 0.3 is 24.0 Å². The van der Waals surface area contributed by atoms with Crippen LogP contribution in [0.25, 0.3) is 0 Å². The maximum atomic E-state index is 13.8. The third-order valence-corrected chi connectivity index (χ3v) is 8.76. The summed E-state index contributed by atoms with van der Waals surface area (Å²) >= 11 is 15.2. The minimum atomic E-state index is -0.897. The molecule has 12 nitrogen and oxygen atoms in total. The topological polar surface area (TPSA) is 175 Å². The number of urea groups is 2. The number of hydrogen-bond donors (Lipinski definition) is 6. The maximum Gasteiger partial charge on any atom is 0.329 e. The lowest BCUT2D eigenvalue weighted by molar-refractivity contribution is -0.146. The molecule has 3 aromatic carbocycles. The molecular weight excluding hydrogens is 774 g/mol. The minimum absolute atomic E-state index is 0.0374. The van der Waals surface area contributed by atoms with Gasteiger partial charge in [-0.1, -0.05) is 83.3 Å². The highest BCUT2D eigenvalue weighted by molar-refractivity contribution is 9.10. The monoisotopic (exact) mass is 814 g/mol. The number of nitrogens with one attached hydrogen (secondary N) is 4. The van der Waals surface area contributed by atoms with Crippen LogP contribution >= 0.6 is 39.1 Å². The van der Waals surface area contributed by atoms with Gasteiger partial charge in [0.15, 0.2) is 17.3 Å². The van der Waals surface area contributed by atoms with Crippen molar-refractivity contribution < 1.29 is 43.3 Å². The predicted molar refractivity (Wildman–Crippen MR) is 198 cm³/mol. The highest BCUT2D eigenvalue weighted by atomic mass is 79.9. The zero-order chi connectivity index (χ0) is 38.4. The molecule has 3 aromatic rings. The number of ether oxygens (including phenoxy) is 2. The lowest BCUT2D eigenvalue weighted by Gasteiger charge is -2.19. The molecule has 4 amide bonds. The molecule has 2 atom stereocenters. The summed E-state index contributed by atoms with van der Waals surface area (Å²) in [6, 6.07) is 8.83.